The zero-order chi connectivity index (χ0) is 16.0. The van der Waals surface area contributed by atoms with Crippen LogP contribution < -0.4 is 0 Å². The number of unbranched alkanes of at least 4 members (excludes halogenated alkanes) is 3. The summed E-state index contributed by atoms with van der Waals surface area (Å²) in [6.45, 7) is 7.14. The van der Waals surface area contributed by atoms with Gasteiger partial charge in [-0.25, -0.2) is 0 Å². The van der Waals surface area contributed by atoms with Gasteiger partial charge in [0.05, 0.1) is 0 Å². The van der Waals surface area contributed by atoms with Gasteiger partial charge in [-0.1, -0.05) is 0 Å². The van der Waals surface area contributed by atoms with Crippen molar-refractivity contribution in [2.45, 2.75) is 79.0 Å². The van der Waals surface area contributed by atoms with Crippen molar-refractivity contribution in [3.8, 4) is 0 Å². The summed E-state index contributed by atoms with van der Waals surface area (Å²) < 4.78 is 5.90. The maximum atomic E-state index is 9.20. The zero-order valence-electron chi connectivity index (χ0n) is 14.3. The second-order valence-corrected chi connectivity index (χ2v) is 19.5. The molecular weight excluding hydrogens is 386 g/mol. The average molecular weight is 422 g/mol. The molecule has 0 amide bonds. The van der Waals surface area contributed by atoms with Crippen LogP contribution in [-0.2, 0) is 0 Å². The Morgan fingerprint density at radius 1 is 0.952 bits per heavy atom. The van der Waals surface area contributed by atoms with E-state index in [1.165, 1.54) is 51.8 Å². The van der Waals surface area contributed by atoms with E-state index in [1.807, 2.05) is 0 Å². The molecule has 0 bridgehead atoms. The molecule has 1 nitrogen and oxygen atoms in total. The summed E-state index contributed by atoms with van der Waals surface area (Å²) in [6.07, 6.45) is 13.2. The van der Waals surface area contributed by atoms with Gasteiger partial charge < -0.3 is 0 Å². The van der Waals surface area contributed by atoms with Gasteiger partial charge in [0.1, 0.15) is 0 Å². The number of halogens is 1. The fourth-order valence-electron chi connectivity index (χ4n) is 3.10. The molecule has 124 valence electrons. The summed E-state index contributed by atoms with van der Waals surface area (Å²) in [5, 5.41) is 9.20. The van der Waals surface area contributed by atoms with E-state index in [0.29, 0.717) is 0 Å². The summed E-state index contributed by atoms with van der Waals surface area (Å²) >= 11 is 3.59. The van der Waals surface area contributed by atoms with Crippen molar-refractivity contribution in [1.82, 2.24) is 0 Å². The van der Waals surface area contributed by atoms with Gasteiger partial charge in [-0.2, -0.15) is 0 Å². The van der Waals surface area contributed by atoms with Gasteiger partial charge in [0.15, 0.2) is 0 Å². The van der Waals surface area contributed by atoms with E-state index in [4.69, 9.17) is 11.6 Å². The van der Waals surface area contributed by atoms with Crippen LogP contribution in [0.3, 0.4) is 0 Å². The fourth-order valence-corrected chi connectivity index (χ4v) is 19.9. The van der Waals surface area contributed by atoms with Crippen molar-refractivity contribution in [2.24, 2.45) is 0 Å². The number of aliphatic hydroxyl groups is 1. The van der Waals surface area contributed by atoms with E-state index in [-0.39, 0.29) is 6.61 Å². The first-order valence-corrected chi connectivity index (χ1v) is 16.7. The van der Waals surface area contributed by atoms with Gasteiger partial charge in [0.25, 0.3) is 0 Å². The molecule has 0 saturated heterocycles. The van der Waals surface area contributed by atoms with Crippen LogP contribution in [-0.4, -0.2) is 30.1 Å². The molecule has 0 spiro atoms. The van der Waals surface area contributed by atoms with Crippen LogP contribution in [0, 0.1) is 0 Å². The van der Waals surface area contributed by atoms with Crippen LogP contribution in [0.1, 0.15) is 65.7 Å². The fraction of sp³-hybridized carbons (Fsp3) is 0.778. The first-order chi connectivity index (χ1) is 10.2. The predicted molar refractivity (Wildman–Crippen MR) is 99.7 cm³/mol. The Morgan fingerprint density at radius 2 is 1.43 bits per heavy atom. The van der Waals surface area contributed by atoms with Crippen LogP contribution in [0.4, 0.5) is 0 Å². The Hall–Kier alpha value is 0.529. The number of rotatable bonds is 13. The standard InChI is InChI=1S/C6H8ClO.3C4H9.Sn/c7-5-3-1-2-4-6-8;3*1-3-4-2;/h2-3,5,8H,4,6H2;3*1,3-4H2,2H3;/b2-1?,5-3-;;;;. The first kappa shape index (κ1) is 21.5. The number of aliphatic hydroxyl groups excluding tert-OH is 1. The van der Waals surface area contributed by atoms with Gasteiger partial charge in [-0.05, 0) is 0 Å². The van der Waals surface area contributed by atoms with E-state index in [2.05, 4.69) is 32.9 Å². The molecule has 0 rings (SSSR count). The molecule has 0 aliphatic heterocycles. The van der Waals surface area contributed by atoms with Crippen LogP contribution in [0.25, 0.3) is 0 Å². The van der Waals surface area contributed by atoms with Crippen molar-refractivity contribution in [1.29, 1.82) is 0 Å². The van der Waals surface area contributed by atoms with Crippen molar-refractivity contribution >= 4 is 30.0 Å². The molecule has 0 fully saturated rings. The molecular formula is C18H35ClOSn. The molecule has 3 heteroatoms. The van der Waals surface area contributed by atoms with E-state index in [9.17, 15) is 5.11 Å². The number of hydrogen-bond donors (Lipinski definition) is 1. The third-order valence-corrected chi connectivity index (χ3v) is 20.3. The molecule has 0 radical (unpaired) electrons. The quantitative estimate of drug-likeness (QED) is 0.268. The molecule has 0 heterocycles. The van der Waals surface area contributed by atoms with E-state index in [0.717, 1.165) is 6.42 Å². The summed E-state index contributed by atoms with van der Waals surface area (Å²) in [5.74, 6) is 0. The van der Waals surface area contributed by atoms with Crippen molar-refractivity contribution in [2.75, 3.05) is 6.61 Å². The van der Waals surface area contributed by atoms with Crippen LogP contribution in [0.15, 0.2) is 21.3 Å². The van der Waals surface area contributed by atoms with E-state index < -0.39 is 18.4 Å². The molecule has 0 aliphatic rings. The summed E-state index contributed by atoms with van der Waals surface area (Å²) in [7, 11) is 0. The monoisotopic (exact) mass is 422 g/mol. The minimum absolute atomic E-state index is 0.247. The summed E-state index contributed by atoms with van der Waals surface area (Å²) in [5.41, 5.74) is 1.69. The molecule has 0 aliphatic carbocycles. The molecule has 0 aromatic carbocycles. The first-order valence-electron chi connectivity index (χ1n) is 8.79. The summed E-state index contributed by atoms with van der Waals surface area (Å²) in [4.78, 5) is 0. The van der Waals surface area contributed by atoms with Gasteiger partial charge in [0, 0.05) is 0 Å². The zero-order valence-corrected chi connectivity index (χ0v) is 17.9. The number of hydrogen-bond acceptors (Lipinski definition) is 1. The van der Waals surface area contributed by atoms with Crippen molar-refractivity contribution < 1.29 is 5.11 Å². The molecule has 0 unspecified atom stereocenters. The Bertz CT molecular complexity index is 278. The molecule has 0 atom stereocenters. The molecule has 0 aromatic heterocycles. The van der Waals surface area contributed by atoms with Crippen LogP contribution in [0.5, 0.6) is 0 Å². The van der Waals surface area contributed by atoms with Gasteiger partial charge in [-0.15, -0.1) is 0 Å². The molecule has 0 saturated carbocycles. The van der Waals surface area contributed by atoms with Crippen molar-refractivity contribution in [3.05, 3.63) is 21.3 Å². The normalized spacial score (nSPS) is 13.3. The van der Waals surface area contributed by atoms with E-state index in [1.54, 1.807) is 9.12 Å². The van der Waals surface area contributed by atoms with Gasteiger partial charge in [-0.3, -0.25) is 0 Å². The van der Waals surface area contributed by atoms with Gasteiger partial charge in [0.2, 0.25) is 0 Å². The SMILES string of the molecule is CCC[CH2][Sn]([CH2]CCC)([CH2]CCC)[C](/C=C\Cl)=C/CCO. The van der Waals surface area contributed by atoms with Gasteiger partial charge >= 0.3 is 142 Å². The Morgan fingerprint density at radius 3 is 1.76 bits per heavy atom. The predicted octanol–water partition coefficient (Wildman–Crippen LogP) is 6.44. The van der Waals surface area contributed by atoms with Crippen molar-refractivity contribution in [3.63, 3.8) is 0 Å². The van der Waals surface area contributed by atoms with Crippen LogP contribution in [0.2, 0.25) is 13.3 Å². The second kappa shape index (κ2) is 14.1. The number of allylic oxidation sites excluding steroid dienone is 2. The topological polar surface area (TPSA) is 20.2 Å². The Kier molecular flexibility index (Phi) is 14.5. The maximum absolute atomic E-state index is 9.20. The second-order valence-electron chi connectivity index (χ2n) is 6.06. The Labute approximate surface area is 141 Å². The van der Waals surface area contributed by atoms with Crippen LogP contribution >= 0.6 is 11.6 Å². The molecule has 1 N–H and O–H groups in total. The molecule has 0 aromatic rings. The third kappa shape index (κ3) is 8.66. The molecule has 21 heavy (non-hydrogen) atoms. The third-order valence-electron chi connectivity index (χ3n) is 4.37. The minimum atomic E-state index is -2.35. The Balaban J connectivity index is 5.39. The average Bonchev–Trinajstić information content (AvgIpc) is 2.51. The van der Waals surface area contributed by atoms with E-state index >= 15 is 0 Å². The summed E-state index contributed by atoms with van der Waals surface area (Å²) in [6, 6.07) is 0.